The van der Waals surface area contributed by atoms with Crippen molar-refractivity contribution in [3.05, 3.63) is 88.0 Å². The Bertz CT molecular complexity index is 3120. The zero-order valence-electron chi connectivity index (χ0n) is 51.8. The second kappa shape index (κ2) is 35.0. The fraction of sp³-hybridized carbons (Fsp3) is 0.540. The minimum absolute atomic E-state index is 0.147. The molecule has 490 valence electrons. The van der Waals surface area contributed by atoms with Crippen LogP contribution in [0.5, 0.6) is 0 Å². The number of imide groups is 3. The van der Waals surface area contributed by atoms with Crippen LogP contribution < -0.4 is 21.7 Å². The number of carbonyl (C=O) groups excluding carboxylic acids is 11. The molecule has 6 aliphatic rings. The van der Waals surface area contributed by atoms with E-state index in [1.54, 1.807) is 57.6 Å². The Morgan fingerprint density at radius 1 is 0.533 bits per heavy atom. The lowest BCUT2D eigenvalue weighted by atomic mass is 10.0. The lowest BCUT2D eigenvalue weighted by molar-refractivity contribution is -0.156. The Kier molecular flexibility index (Phi) is 28.3. The molecular weight excluding hydrogens is 1290 g/mol. The minimum Gasteiger partial charge on any atom is -0.460 e. The van der Waals surface area contributed by atoms with Crippen molar-refractivity contribution in [2.45, 2.75) is 169 Å². The molecule has 0 bridgehead atoms. The van der Waals surface area contributed by atoms with E-state index in [4.69, 9.17) is 29.4 Å². The molecule has 23 nitrogen and oxygen atoms in total. The Morgan fingerprint density at radius 2 is 0.889 bits per heavy atom. The van der Waals surface area contributed by atoms with Crippen molar-refractivity contribution in [3.63, 3.8) is 0 Å². The number of nitrogens with one attached hydrogen (secondary N) is 3. The zero-order chi connectivity index (χ0) is 65.7. The summed E-state index contributed by atoms with van der Waals surface area (Å²) < 4.78 is 26.6. The number of rotatable bonds is 23. The highest BCUT2D eigenvalue weighted by molar-refractivity contribution is 9.09. The summed E-state index contributed by atoms with van der Waals surface area (Å²) in [5.74, 6) is -1.42. The monoisotopic (exact) mass is 1370 g/mol. The predicted molar refractivity (Wildman–Crippen MR) is 342 cm³/mol. The first-order chi connectivity index (χ1) is 42.8. The maximum absolute atomic E-state index is 12.9. The topological polar surface area (TPSA) is 306 Å². The summed E-state index contributed by atoms with van der Waals surface area (Å²) in [6, 6.07) is 14.8. The number of carbonyl (C=O) groups is 11. The van der Waals surface area contributed by atoms with Gasteiger partial charge in [-0.15, -0.1) is 36.2 Å². The van der Waals surface area contributed by atoms with Gasteiger partial charge in [-0.1, -0.05) is 34.1 Å². The summed E-state index contributed by atoms with van der Waals surface area (Å²) in [5, 5.41) is 7.75. The number of hydrogen-bond donors (Lipinski definition) is 5. The van der Waals surface area contributed by atoms with Crippen LogP contribution in [0, 0.1) is 0 Å². The molecule has 6 aliphatic heterocycles. The van der Waals surface area contributed by atoms with Gasteiger partial charge in [-0.2, -0.15) is 0 Å². The molecule has 5 N–H and O–H groups in total. The number of ether oxygens (including phenoxy) is 5. The van der Waals surface area contributed by atoms with Gasteiger partial charge in [-0.3, -0.25) is 68.7 Å². The van der Waals surface area contributed by atoms with Gasteiger partial charge in [0, 0.05) is 120 Å². The quantitative estimate of drug-likeness (QED) is 0.0170. The largest absolute Gasteiger partial charge is 0.460 e. The Labute approximate surface area is 547 Å². The SMILES string of the molecule is CC(C)(C)OC(=O)CCCOCCBr.CC(C)(C)OC(=O)CCCOCCSc1cccc2c1CN(C1CCC(=O)NC1=O)C2=O.NCCOCCSc1cccc2c1CN(C1CCC(=O)NC1=O)C2=O.O=C1CCC(N2Cc3c(S)cccc3C2=O)C(=O)N1. The van der Waals surface area contributed by atoms with Crippen LogP contribution in [0.15, 0.2) is 69.3 Å². The molecule has 6 heterocycles. The number of nitrogens with zero attached hydrogens (tertiary/aromatic N) is 3. The van der Waals surface area contributed by atoms with Gasteiger partial charge in [0.25, 0.3) is 17.7 Å². The van der Waals surface area contributed by atoms with Crippen molar-refractivity contribution in [3.8, 4) is 0 Å². The van der Waals surface area contributed by atoms with Crippen LogP contribution in [-0.4, -0.2) is 172 Å². The van der Waals surface area contributed by atoms with E-state index >= 15 is 0 Å². The van der Waals surface area contributed by atoms with E-state index in [1.807, 2.05) is 71.9 Å². The van der Waals surface area contributed by atoms with Crippen LogP contribution in [0.2, 0.25) is 0 Å². The second-order valence-electron chi connectivity index (χ2n) is 23.5. The van der Waals surface area contributed by atoms with Crippen molar-refractivity contribution < 1.29 is 76.4 Å². The molecule has 0 saturated carbocycles. The normalized spacial score (nSPS) is 18.7. The van der Waals surface area contributed by atoms with Crippen molar-refractivity contribution in [1.29, 1.82) is 0 Å². The van der Waals surface area contributed by atoms with E-state index in [2.05, 4.69) is 44.5 Å². The van der Waals surface area contributed by atoms with Crippen molar-refractivity contribution in [2.24, 2.45) is 5.73 Å². The Hall–Kier alpha value is -6.20. The first-order valence-electron chi connectivity index (χ1n) is 30.0. The van der Waals surface area contributed by atoms with Gasteiger partial charge in [0.1, 0.15) is 29.3 Å². The van der Waals surface area contributed by atoms with Crippen LogP contribution in [0.3, 0.4) is 0 Å². The van der Waals surface area contributed by atoms with E-state index < -0.39 is 35.5 Å². The lowest BCUT2D eigenvalue weighted by Gasteiger charge is -2.29. The van der Waals surface area contributed by atoms with Crippen LogP contribution >= 0.6 is 52.1 Å². The third-order valence-electron chi connectivity index (χ3n) is 14.3. The number of thioether (sulfide) groups is 2. The van der Waals surface area contributed by atoms with Gasteiger partial charge in [0.05, 0.1) is 26.4 Å². The average Bonchev–Trinajstić information content (AvgIpc) is 1.66. The smallest absolute Gasteiger partial charge is 0.306 e. The van der Waals surface area contributed by atoms with Crippen LogP contribution in [0.25, 0.3) is 0 Å². The number of esters is 2. The number of halogens is 1. The molecule has 90 heavy (non-hydrogen) atoms. The van der Waals surface area contributed by atoms with E-state index in [0.29, 0.717) is 127 Å². The number of thiol groups is 1. The molecule has 9 rings (SSSR count). The van der Waals surface area contributed by atoms with Gasteiger partial charge in [0.15, 0.2) is 0 Å². The van der Waals surface area contributed by atoms with Gasteiger partial charge >= 0.3 is 11.9 Å². The van der Waals surface area contributed by atoms with Crippen LogP contribution in [-0.2, 0) is 81.7 Å². The standard InChI is InChI=1S/C23H30N2O6S.C17H21N3O4S.C13H12N2O3S.C10H19BrO3/c1-23(2,3)31-20(27)8-5-11-30-12-13-32-18-7-4-6-15-16(18)14-25(22(15)29)17-9-10-19(26)24-21(17)28;18-6-7-24-8-9-25-14-3-1-2-11-12(14)10-20(17(11)23)13-4-5-15(21)19-16(13)22;16-11-5-4-9(12(17)14-11)15-6-8-7(13(15)18)2-1-3-10(8)19;1-10(2,3)14-9(12)5-4-7-13-8-6-11/h4,6-7,17H,5,8-14H2,1-3H3,(H,24,26,28);1-3,13H,4-10,18H2,(H,19,21,22);1-3,9,19H,4-6H2,(H,14,16,17);4-8H2,1-3H3. The third kappa shape index (κ3) is 21.7. The molecule has 0 aliphatic carbocycles. The molecule has 3 fully saturated rings. The van der Waals surface area contributed by atoms with Gasteiger partial charge in [0.2, 0.25) is 35.4 Å². The number of alkyl halides is 1. The summed E-state index contributed by atoms with van der Waals surface area (Å²) in [7, 11) is 0. The van der Waals surface area contributed by atoms with Crippen LogP contribution in [0.1, 0.15) is 154 Å². The number of benzene rings is 3. The van der Waals surface area contributed by atoms with E-state index in [1.165, 1.54) is 4.90 Å². The fourth-order valence-electron chi connectivity index (χ4n) is 10.2. The Balaban J connectivity index is 0.000000199. The summed E-state index contributed by atoms with van der Waals surface area (Å²) in [5.41, 5.74) is 9.08. The van der Waals surface area contributed by atoms with Crippen molar-refractivity contribution >= 4 is 117 Å². The van der Waals surface area contributed by atoms with E-state index in [9.17, 15) is 52.7 Å². The average molecular weight is 1370 g/mol. The predicted octanol–water partition coefficient (Wildman–Crippen LogP) is 6.45. The Morgan fingerprint density at radius 3 is 1.24 bits per heavy atom. The first kappa shape index (κ1) is 72.9. The first-order valence-corrected chi connectivity index (χ1v) is 33.5. The molecule has 9 amide bonds. The molecule has 3 atom stereocenters. The van der Waals surface area contributed by atoms with E-state index in [0.717, 1.165) is 48.9 Å². The molecular formula is C63H82BrN7O16S3. The number of nitrogens with two attached hydrogens (primary N) is 1. The van der Waals surface area contributed by atoms with Crippen molar-refractivity contribution in [2.75, 3.05) is 63.0 Å². The highest BCUT2D eigenvalue weighted by atomic mass is 79.9. The summed E-state index contributed by atoms with van der Waals surface area (Å²) in [4.78, 5) is 138. The van der Waals surface area contributed by atoms with Gasteiger partial charge in [-0.05, 0) is 127 Å². The van der Waals surface area contributed by atoms with Crippen LogP contribution in [0.4, 0.5) is 0 Å². The number of fused-ring (bicyclic) bond motifs is 3. The second-order valence-corrected chi connectivity index (χ2v) is 27.0. The number of amides is 9. The molecule has 0 spiro atoms. The summed E-state index contributed by atoms with van der Waals surface area (Å²) in [6.45, 7) is 16.2. The minimum atomic E-state index is -0.612. The number of hydrogen-bond acceptors (Lipinski definition) is 20. The highest BCUT2D eigenvalue weighted by Crippen LogP contribution is 2.37. The van der Waals surface area contributed by atoms with Crippen molar-refractivity contribution in [1.82, 2.24) is 30.7 Å². The lowest BCUT2D eigenvalue weighted by Crippen LogP contribution is -2.52. The molecule has 3 aromatic carbocycles. The molecule has 3 aromatic rings. The molecule has 0 radical (unpaired) electrons. The highest BCUT2D eigenvalue weighted by Gasteiger charge is 2.43. The van der Waals surface area contributed by atoms with Gasteiger partial charge in [-0.25, -0.2) is 0 Å². The molecule has 0 aromatic heterocycles. The fourth-order valence-corrected chi connectivity index (χ4v) is 12.6. The van der Waals surface area contributed by atoms with E-state index in [-0.39, 0.29) is 78.2 Å². The third-order valence-corrected chi connectivity index (χ3v) is 17.1. The summed E-state index contributed by atoms with van der Waals surface area (Å²) >= 11 is 10.8. The molecule has 27 heteroatoms. The maximum atomic E-state index is 12.9. The zero-order valence-corrected chi connectivity index (χ0v) is 55.9. The maximum Gasteiger partial charge on any atom is 0.306 e. The summed E-state index contributed by atoms with van der Waals surface area (Å²) in [6.07, 6.45) is 3.96. The molecule has 3 unspecified atom stereocenters. The molecule has 3 saturated heterocycles. The number of piperidine rings is 3. The van der Waals surface area contributed by atoms with Gasteiger partial charge < -0.3 is 44.1 Å².